The zero-order valence-electron chi connectivity index (χ0n) is 27.7. The van der Waals surface area contributed by atoms with Gasteiger partial charge in [-0.2, -0.15) is 0 Å². The molecule has 0 heterocycles. The third kappa shape index (κ3) is 17.2. The molecule has 0 fully saturated rings. The number of nitrogens with one attached hydrogen (secondary N) is 3. The predicted molar refractivity (Wildman–Crippen MR) is 161 cm³/mol. The number of hydrogen-bond acceptors (Lipinski definition) is 3. The molecule has 0 aromatic carbocycles. The van der Waals surface area contributed by atoms with Crippen LogP contribution in [0.1, 0.15) is 83.1 Å². The first-order chi connectivity index (χ1) is 16.1. The van der Waals surface area contributed by atoms with Gasteiger partial charge in [-0.15, -0.1) is 0 Å². The molecule has 219 valence electrons. The fourth-order valence-corrected chi connectivity index (χ4v) is 2.21. The summed E-state index contributed by atoms with van der Waals surface area (Å²) in [5.41, 5.74) is 0. The molecule has 3 N–H and O–H groups in total. The van der Waals surface area contributed by atoms with Crippen molar-refractivity contribution in [3.8, 4) is 0 Å². The van der Waals surface area contributed by atoms with Crippen molar-refractivity contribution in [3.05, 3.63) is 0 Å². The van der Waals surface area contributed by atoms with E-state index < -0.39 is 0 Å². The molecule has 0 atom stereocenters. The van der Waals surface area contributed by atoms with Gasteiger partial charge < -0.3 is 29.4 Å². The van der Waals surface area contributed by atoms with Gasteiger partial charge in [-0.1, -0.05) is 0 Å². The summed E-state index contributed by atoms with van der Waals surface area (Å²) in [6.07, 6.45) is 0. The van der Waals surface area contributed by atoms with Crippen molar-refractivity contribution in [1.29, 1.82) is 16.2 Å². The maximum atomic E-state index is 7.81. The van der Waals surface area contributed by atoms with Gasteiger partial charge in [-0.05, 0) is 83.1 Å². The summed E-state index contributed by atoms with van der Waals surface area (Å²) in [6, 6.07) is 2.33. The molecule has 0 aromatic rings. The van der Waals surface area contributed by atoms with Crippen LogP contribution in [-0.2, 0) is 32.7 Å². The first-order valence-corrected chi connectivity index (χ1v) is 13.3. The minimum atomic E-state index is 0. The van der Waals surface area contributed by atoms with Gasteiger partial charge in [-0.3, -0.25) is 16.2 Å². The average molecular weight is 603 g/mol. The van der Waals surface area contributed by atoms with Gasteiger partial charge in [0.15, 0.2) is 17.9 Å². The van der Waals surface area contributed by atoms with Crippen LogP contribution in [0.4, 0.5) is 0 Å². The van der Waals surface area contributed by atoms with Gasteiger partial charge in [0.25, 0.3) is 0 Å². The summed E-state index contributed by atoms with van der Waals surface area (Å²) in [5.74, 6) is 1.75. The molecule has 0 amide bonds. The molecule has 0 aliphatic carbocycles. The second kappa shape index (κ2) is 20.8. The van der Waals surface area contributed by atoms with Crippen LogP contribution in [-0.4, -0.2) is 126 Å². The van der Waals surface area contributed by atoms with E-state index in [2.05, 4.69) is 83.1 Å². The van der Waals surface area contributed by atoms with E-state index >= 15 is 0 Å². The Morgan fingerprint density at radius 1 is 0.324 bits per heavy atom. The van der Waals surface area contributed by atoms with Gasteiger partial charge in [0.2, 0.25) is 0 Å². The van der Waals surface area contributed by atoms with Crippen molar-refractivity contribution in [3.63, 3.8) is 0 Å². The van der Waals surface area contributed by atoms with Crippen LogP contribution in [0.15, 0.2) is 0 Å². The Labute approximate surface area is 256 Å². The van der Waals surface area contributed by atoms with E-state index in [-0.39, 0.29) is 32.7 Å². The first-order valence-electron chi connectivity index (χ1n) is 13.3. The van der Waals surface area contributed by atoms with Crippen LogP contribution in [0.3, 0.4) is 0 Å². The first kappa shape index (κ1) is 43.0. The van der Waals surface area contributed by atoms with E-state index in [4.69, 9.17) is 16.2 Å². The Morgan fingerprint density at radius 2 is 0.405 bits per heavy atom. The van der Waals surface area contributed by atoms with Crippen molar-refractivity contribution in [1.82, 2.24) is 29.4 Å². The second-order valence-corrected chi connectivity index (χ2v) is 11.2. The zero-order chi connectivity index (χ0) is 29.7. The smallest absolute Gasteiger partial charge is 0.193 e. The van der Waals surface area contributed by atoms with Crippen LogP contribution in [0, 0.1) is 16.2 Å². The van der Waals surface area contributed by atoms with Crippen molar-refractivity contribution >= 4 is 17.9 Å². The summed E-state index contributed by atoms with van der Waals surface area (Å²) < 4.78 is 0. The van der Waals surface area contributed by atoms with Crippen LogP contribution < -0.4 is 0 Å². The van der Waals surface area contributed by atoms with Crippen molar-refractivity contribution in [2.75, 3.05) is 42.3 Å². The minimum absolute atomic E-state index is 0. The van der Waals surface area contributed by atoms with Crippen LogP contribution in [0.5, 0.6) is 0 Å². The fraction of sp³-hybridized carbons (Fsp3) is 0.889. The SMILES string of the molecule is CC(C)N(C)C(=N)N(C)C(C)C.CC(C)N(C)C(=N)N(C)C(C)C.CC(C)N(C)C(=N)N(C)C(C)C.[Y]. The third-order valence-corrected chi connectivity index (χ3v) is 6.65. The van der Waals surface area contributed by atoms with E-state index in [9.17, 15) is 0 Å². The molecule has 10 heteroatoms. The average Bonchev–Trinajstić information content (AvgIpc) is 2.79. The molecule has 37 heavy (non-hydrogen) atoms. The van der Waals surface area contributed by atoms with Crippen molar-refractivity contribution in [2.24, 2.45) is 0 Å². The summed E-state index contributed by atoms with van der Waals surface area (Å²) in [6.45, 7) is 25.0. The summed E-state index contributed by atoms with van der Waals surface area (Å²) >= 11 is 0. The second-order valence-electron chi connectivity index (χ2n) is 11.2. The number of hydrogen-bond donors (Lipinski definition) is 3. The standard InChI is InChI=1S/3C9H21N3.Y/c3*1-7(2)11(5)9(10)12(6)8(3)4;/h3*7-8,10H,1-6H3;. The Kier molecular flexibility index (Phi) is 24.2. The van der Waals surface area contributed by atoms with Gasteiger partial charge in [0.05, 0.1) is 0 Å². The molecular formula is C27H63N9Y. The van der Waals surface area contributed by atoms with Gasteiger partial charge in [0.1, 0.15) is 0 Å². The van der Waals surface area contributed by atoms with Gasteiger partial charge in [-0.25, -0.2) is 0 Å². The van der Waals surface area contributed by atoms with Gasteiger partial charge >= 0.3 is 0 Å². The third-order valence-electron chi connectivity index (χ3n) is 6.65. The quantitative estimate of drug-likeness (QED) is 0.299. The Morgan fingerprint density at radius 3 is 0.459 bits per heavy atom. The normalized spacial score (nSPS) is 10.4. The molecule has 9 nitrogen and oxygen atoms in total. The molecular weight excluding hydrogens is 539 g/mol. The Balaban J connectivity index is -0.000000218. The van der Waals surface area contributed by atoms with Crippen LogP contribution >= 0.6 is 0 Å². The fourth-order valence-electron chi connectivity index (χ4n) is 2.21. The van der Waals surface area contributed by atoms with E-state index in [0.717, 1.165) is 0 Å². The van der Waals surface area contributed by atoms with Gasteiger partial charge in [0, 0.05) is 111 Å². The summed E-state index contributed by atoms with van der Waals surface area (Å²) in [5, 5.41) is 23.4. The summed E-state index contributed by atoms with van der Waals surface area (Å²) in [4.78, 5) is 11.8. The molecule has 0 unspecified atom stereocenters. The maximum Gasteiger partial charge on any atom is 0.193 e. The summed E-state index contributed by atoms with van der Waals surface area (Å²) in [7, 11) is 11.7. The Hall–Kier alpha value is -1.09. The van der Waals surface area contributed by atoms with Crippen LogP contribution in [0.25, 0.3) is 0 Å². The topological polar surface area (TPSA) is 91.0 Å². The number of nitrogens with zero attached hydrogens (tertiary/aromatic N) is 6. The van der Waals surface area contributed by atoms with Crippen molar-refractivity contribution < 1.29 is 32.7 Å². The van der Waals surface area contributed by atoms with E-state index in [0.29, 0.717) is 54.1 Å². The zero-order valence-corrected chi connectivity index (χ0v) is 30.6. The minimum Gasteiger partial charge on any atom is -0.344 e. The number of rotatable bonds is 6. The Bertz CT molecular complexity index is 500. The van der Waals surface area contributed by atoms with E-state index in [1.165, 1.54) is 0 Å². The largest absolute Gasteiger partial charge is 0.344 e. The molecule has 0 spiro atoms. The molecule has 0 saturated heterocycles. The van der Waals surface area contributed by atoms with E-state index in [1.807, 2.05) is 71.7 Å². The van der Waals surface area contributed by atoms with Crippen molar-refractivity contribution in [2.45, 2.75) is 119 Å². The molecule has 0 aliphatic rings. The molecule has 0 aliphatic heterocycles. The molecule has 0 saturated carbocycles. The molecule has 1 radical (unpaired) electrons. The molecule has 0 aromatic heterocycles. The maximum absolute atomic E-state index is 7.81. The predicted octanol–water partition coefficient (Wildman–Crippen LogP) is 4.80. The van der Waals surface area contributed by atoms with Crippen LogP contribution in [0.2, 0.25) is 0 Å². The molecule has 0 bridgehead atoms. The van der Waals surface area contributed by atoms with E-state index in [1.54, 1.807) is 0 Å². The molecule has 0 rings (SSSR count). The number of guanidine groups is 3. The monoisotopic (exact) mass is 602 g/mol.